The molecule has 8 heteroatoms. The number of benzene rings is 3. The fourth-order valence-electron chi connectivity index (χ4n) is 2.64. The zero-order valence-electron chi connectivity index (χ0n) is 16.0. The lowest BCUT2D eigenvalue weighted by molar-refractivity contribution is 0.0946. The molecule has 0 heterocycles. The number of hydrazine groups is 1. The highest BCUT2D eigenvalue weighted by Crippen LogP contribution is 2.28. The van der Waals surface area contributed by atoms with E-state index in [1.165, 1.54) is 12.1 Å². The molecule has 3 N–H and O–H groups in total. The van der Waals surface area contributed by atoms with Gasteiger partial charge in [0.05, 0.1) is 28.9 Å². The van der Waals surface area contributed by atoms with E-state index in [1.54, 1.807) is 49.6 Å². The molecule has 3 aromatic rings. The minimum Gasteiger partial charge on any atom is -0.495 e. The number of hydrogen-bond acceptors (Lipinski definition) is 5. The normalized spacial score (nSPS) is 11.0. The smallest absolute Gasteiger partial charge is 0.268 e. The third-order valence-corrected chi connectivity index (χ3v) is 5.44. The number of carbonyl (C=O) groups excluding carboxylic acids is 1. The molecule has 0 bridgehead atoms. The van der Waals surface area contributed by atoms with Crippen LogP contribution in [-0.2, 0) is 10.0 Å². The van der Waals surface area contributed by atoms with Crippen LogP contribution in [0.2, 0.25) is 0 Å². The SMILES string of the molecule is COc1ccccc1Nc1ccccc1C(=O)NNS(=O)(=O)c1ccc(C)cc1. The highest BCUT2D eigenvalue weighted by molar-refractivity contribution is 7.89. The summed E-state index contributed by atoms with van der Waals surface area (Å²) in [5.74, 6) is 0.0152. The summed E-state index contributed by atoms with van der Waals surface area (Å²) < 4.78 is 30.1. The first-order chi connectivity index (χ1) is 13.9. The van der Waals surface area contributed by atoms with E-state index >= 15 is 0 Å². The Balaban J connectivity index is 1.77. The molecule has 1 amide bonds. The van der Waals surface area contributed by atoms with E-state index in [9.17, 15) is 13.2 Å². The van der Waals surface area contributed by atoms with E-state index in [0.29, 0.717) is 17.1 Å². The van der Waals surface area contributed by atoms with Gasteiger partial charge in [-0.3, -0.25) is 10.2 Å². The zero-order valence-corrected chi connectivity index (χ0v) is 16.8. The van der Waals surface area contributed by atoms with Crippen LogP contribution in [0.3, 0.4) is 0 Å². The van der Waals surface area contributed by atoms with Gasteiger partial charge in [0.25, 0.3) is 15.9 Å². The van der Waals surface area contributed by atoms with Crippen LogP contribution in [0.25, 0.3) is 0 Å². The molecule has 0 aliphatic heterocycles. The predicted molar refractivity (Wildman–Crippen MR) is 112 cm³/mol. The first-order valence-electron chi connectivity index (χ1n) is 8.78. The molecule has 0 aliphatic carbocycles. The second-order valence-corrected chi connectivity index (χ2v) is 7.93. The van der Waals surface area contributed by atoms with Gasteiger partial charge in [-0.15, -0.1) is 4.83 Å². The van der Waals surface area contributed by atoms with Crippen LogP contribution in [0.1, 0.15) is 15.9 Å². The first kappa shape index (κ1) is 20.4. The Labute approximate surface area is 169 Å². The third-order valence-electron chi connectivity index (χ3n) is 4.18. The van der Waals surface area contributed by atoms with Gasteiger partial charge in [-0.2, -0.15) is 0 Å². The number of rotatable bonds is 7. The van der Waals surface area contributed by atoms with E-state index in [4.69, 9.17) is 4.74 Å². The molecule has 0 aliphatic rings. The van der Waals surface area contributed by atoms with Gasteiger partial charge in [-0.1, -0.05) is 42.0 Å². The van der Waals surface area contributed by atoms with Gasteiger partial charge in [0.15, 0.2) is 0 Å². The number of carbonyl (C=O) groups is 1. The molecule has 0 spiro atoms. The minimum atomic E-state index is -3.88. The number of sulfonamides is 1. The summed E-state index contributed by atoms with van der Waals surface area (Å²) in [7, 11) is -2.33. The van der Waals surface area contributed by atoms with Gasteiger partial charge in [0.1, 0.15) is 5.75 Å². The van der Waals surface area contributed by atoms with Gasteiger partial charge >= 0.3 is 0 Å². The average Bonchev–Trinajstić information content (AvgIpc) is 2.73. The van der Waals surface area contributed by atoms with Crippen LogP contribution >= 0.6 is 0 Å². The lowest BCUT2D eigenvalue weighted by Crippen LogP contribution is -2.41. The maximum absolute atomic E-state index is 12.6. The molecule has 0 aromatic heterocycles. The summed E-state index contributed by atoms with van der Waals surface area (Å²) in [4.78, 5) is 14.8. The van der Waals surface area contributed by atoms with E-state index < -0.39 is 15.9 Å². The third kappa shape index (κ3) is 4.92. The molecule has 3 rings (SSSR count). The number of hydrogen-bond donors (Lipinski definition) is 3. The average molecular weight is 411 g/mol. The second-order valence-electron chi connectivity index (χ2n) is 6.24. The Morgan fingerprint density at radius 1 is 0.862 bits per heavy atom. The van der Waals surface area contributed by atoms with Gasteiger partial charge < -0.3 is 10.1 Å². The van der Waals surface area contributed by atoms with E-state index in [0.717, 1.165) is 5.56 Å². The molecule has 7 nitrogen and oxygen atoms in total. The van der Waals surface area contributed by atoms with Crippen molar-refractivity contribution in [2.24, 2.45) is 0 Å². The van der Waals surface area contributed by atoms with Crippen molar-refractivity contribution in [3.8, 4) is 5.75 Å². The Bertz CT molecular complexity index is 1110. The molecule has 0 atom stereocenters. The lowest BCUT2D eigenvalue weighted by atomic mass is 10.1. The Kier molecular flexibility index (Phi) is 6.16. The highest BCUT2D eigenvalue weighted by Gasteiger charge is 2.17. The van der Waals surface area contributed by atoms with Crippen molar-refractivity contribution < 1.29 is 17.9 Å². The maximum Gasteiger partial charge on any atom is 0.268 e. The molecule has 0 saturated heterocycles. The molecule has 0 saturated carbocycles. The maximum atomic E-state index is 12.6. The Hall–Kier alpha value is -3.36. The van der Waals surface area contributed by atoms with Gasteiger partial charge in [0, 0.05) is 0 Å². The fourth-order valence-corrected chi connectivity index (χ4v) is 3.48. The van der Waals surface area contributed by atoms with Crippen molar-refractivity contribution in [2.75, 3.05) is 12.4 Å². The van der Waals surface area contributed by atoms with Crippen LogP contribution in [0.5, 0.6) is 5.75 Å². The number of ether oxygens (including phenoxy) is 1. The first-order valence-corrected chi connectivity index (χ1v) is 10.3. The van der Waals surface area contributed by atoms with E-state index in [1.807, 2.05) is 25.1 Å². The zero-order chi connectivity index (χ0) is 20.9. The second kappa shape index (κ2) is 8.76. The topological polar surface area (TPSA) is 96.5 Å². The Morgan fingerprint density at radius 2 is 1.48 bits per heavy atom. The molecular weight excluding hydrogens is 390 g/mol. The van der Waals surface area contributed by atoms with E-state index in [2.05, 4.69) is 15.6 Å². The van der Waals surface area contributed by atoms with E-state index in [-0.39, 0.29) is 10.5 Å². The van der Waals surface area contributed by atoms with Gasteiger partial charge in [-0.05, 0) is 43.3 Å². The van der Waals surface area contributed by atoms with Crippen LogP contribution in [0, 0.1) is 6.92 Å². The Morgan fingerprint density at radius 3 is 2.17 bits per heavy atom. The quantitative estimate of drug-likeness (QED) is 0.518. The number of methoxy groups -OCH3 is 1. The van der Waals surface area contributed by atoms with Crippen LogP contribution in [-0.4, -0.2) is 21.4 Å². The van der Waals surface area contributed by atoms with Crippen molar-refractivity contribution in [3.05, 3.63) is 83.9 Å². The molecular formula is C21H21N3O4S. The van der Waals surface area contributed by atoms with Crippen LogP contribution < -0.4 is 20.3 Å². The van der Waals surface area contributed by atoms with Gasteiger partial charge in [0.2, 0.25) is 0 Å². The van der Waals surface area contributed by atoms with Gasteiger partial charge in [-0.25, -0.2) is 8.42 Å². The molecule has 0 unspecified atom stereocenters. The standard InChI is InChI=1S/C21H21N3O4S/c1-15-11-13-16(14-12-15)29(26,27)24-23-21(25)17-7-3-4-8-18(17)22-19-9-5-6-10-20(19)28-2/h3-14,22,24H,1-2H3,(H,23,25). The highest BCUT2D eigenvalue weighted by atomic mass is 32.2. The van der Waals surface area contributed by atoms with Crippen molar-refractivity contribution in [1.82, 2.24) is 10.3 Å². The summed E-state index contributed by atoms with van der Waals surface area (Å²) >= 11 is 0. The van der Waals surface area contributed by atoms with Crippen molar-refractivity contribution in [2.45, 2.75) is 11.8 Å². The summed E-state index contributed by atoms with van der Waals surface area (Å²) in [5, 5.41) is 3.14. The lowest BCUT2D eigenvalue weighted by Gasteiger charge is -2.15. The predicted octanol–water partition coefficient (Wildman–Crippen LogP) is 3.37. The summed E-state index contributed by atoms with van der Waals surface area (Å²) in [6.07, 6.45) is 0. The number of aryl methyl sites for hydroxylation is 1. The number of nitrogens with one attached hydrogen (secondary N) is 3. The number of para-hydroxylation sites is 3. The molecule has 0 radical (unpaired) electrons. The van der Waals surface area contributed by atoms with Crippen LogP contribution in [0.15, 0.2) is 77.7 Å². The number of amides is 1. The van der Waals surface area contributed by atoms with Crippen LogP contribution in [0.4, 0.5) is 11.4 Å². The number of anilines is 2. The largest absolute Gasteiger partial charge is 0.495 e. The van der Waals surface area contributed by atoms with Crippen molar-refractivity contribution in [1.29, 1.82) is 0 Å². The summed E-state index contributed by atoms with van der Waals surface area (Å²) in [5.41, 5.74) is 4.64. The molecule has 150 valence electrons. The fraction of sp³-hybridized carbons (Fsp3) is 0.0952. The molecule has 3 aromatic carbocycles. The monoisotopic (exact) mass is 411 g/mol. The summed E-state index contributed by atoms with van der Waals surface area (Å²) in [6.45, 7) is 1.86. The molecule has 0 fully saturated rings. The van der Waals surface area contributed by atoms with Crippen molar-refractivity contribution >= 4 is 27.3 Å². The van der Waals surface area contributed by atoms with Crippen molar-refractivity contribution in [3.63, 3.8) is 0 Å². The molecule has 29 heavy (non-hydrogen) atoms. The summed E-state index contributed by atoms with van der Waals surface area (Å²) in [6, 6.07) is 20.4. The minimum absolute atomic E-state index is 0.0591.